The number of methoxy groups -OCH3 is 2. The van der Waals surface area contributed by atoms with Crippen LogP contribution in [0.2, 0.25) is 0 Å². The Labute approximate surface area is 318 Å². The van der Waals surface area contributed by atoms with Gasteiger partial charge in [0.15, 0.2) is 0 Å². The third-order valence-corrected chi connectivity index (χ3v) is 6.55. The molecule has 54 heavy (non-hydrogen) atoms. The van der Waals surface area contributed by atoms with Crippen LogP contribution in [0.3, 0.4) is 0 Å². The molecule has 0 saturated carbocycles. The molecule has 0 aliphatic carbocycles. The third kappa shape index (κ3) is 36.1. The number of aliphatic hydroxyl groups excluding tert-OH is 2. The number of hydrogen-bond donors (Lipinski definition) is 8. The fourth-order valence-electron chi connectivity index (χ4n) is 3.62. The molecule has 2 rings (SSSR count). The Morgan fingerprint density at radius 1 is 0.537 bits per heavy atom. The maximum atomic E-state index is 9.73. The second kappa shape index (κ2) is 33.3. The Bertz CT molecular complexity index is 1130. The molecular weight excluding hydrogens is 708 g/mol. The maximum Gasteiger partial charge on any atom is 0.303 e. The van der Waals surface area contributed by atoms with E-state index in [-0.39, 0.29) is 25.7 Å². The summed E-state index contributed by atoms with van der Waals surface area (Å²) >= 11 is 0. The first-order chi connectivity index (χ1) is 25.5. The van der Waals surface area contributed by atoms with E-state index in [1.165, 1.54) is 11.1 Å². The lowest BCUT2D eigenvalue weighted by Gasteiger charge is -2.15. The molecule has 2 aromatic rings. The minimum absolute atomic E-state index is 0.296. The second-order valence-corrected chi connectivity index (χ2v) is 12.4. The molecule has 0 aliphatic heterocycles. The fraction of sp³-hybridized carbons (Fsp3) is 0.579. The quantitative estimate of drug-likeness (QED) is 0.0764. The van der Waals surface area contributed by atoms with Crippen molar-refractivity contribution in [2.75, 3.05) is 53.7 Å². The Morgan fingerprint density at radius 3 is 1.04 bits per heavy atom. The van der Waals surface area contributed by atoms with Crippen molar-refractivity contribution in [2.45, 2.75) is 90.5 Å². The molecule has 0 spiro atoms. The first-order valence-electron chi connectivity index (χ1n) is 17.6. The summed E-state index contributed by atoms with van der Waals surface area (Å²) in [5.74, 6) is -2.74. The van der Waals surface area contributed by atoms with Crippen LogP contribution in [0.4, 0.5) is 0 Å². The van der Waals surface area contributed by atoms with Crippen molar-refractivity contribution in [1.82, 2.24) is 10.6 Å². The van der Waals surface area contributed by atoms with Gasteiger partial charge in [-0.2, -0.15) is 0 Å². The van der Waals surface area contributed by atoms with Crippen LogP contribution in [0.1, 0.15) is 64.5 Å². The zero-order chi connectivity index (χ0) is 41.3. The normalized spacial score (nSPS) is 11.4. The van der Waals surface area contributed by atoms with Crippen molar-refractivity contribution in [1.29, 1.82) is 0 Å². The first-order valence-corrected chi connectivity index (χ1v) is 17.6. The first kappa shape index (κ1) is 51.8. The monoisotopic (exact) mass is 770 g/mol. The minimum atomic E-state index is -1.08. The van der Waals surface area contributed by atoms with Crippen LogP contribution >= 0.6 is 0 Å². The molecule has 0 aliphatic rings. The van der Waals surface area contributed by atoms with Crippen LogP contribution in [0.15, 0.2) is 48.5 Å². The Hall–Kier alpha value is -4.32. The zero-order valence-corrected chi connectivity index (χ0v) is 32.4. The maximum absolute atomic E-state index is 9.73. The number of hydrogen-bond acceptors (Lipinski definition) is 12. The summed E-state index contributed by atoms with van der Waals surface area (Å²) in [7, 11) is 3.40. The number of carboxylic acids is 4. The molecule has 308 valence electrons. The zero-order valence-electron chi connectivity index (χ0n) is 32.4. The van der Waals surface area contributed by atoms with Gasteiger partial charge in [0, 0.05) is 39.4 Å². The van der Waals surface area contributed by atoms with Gasteiger partial charge in [0.2, 0.25) is 0 Å². The van der Waals surface area contributed by atoms with Crippen LogP contribution in [0.5, 0.6) is 11.5 Å². The van der Waals surface area contributed by atoms with Gasteiger partial charge in [0.25, 0.3) is 0 Å². The van der Waals surface area contributed by atoms with Gasteiger partial charge in [-0.3, -0.25) is 19.2 Å². The topological polar surface area (TPSA) is 251 Å². The molecule has 0 heterocycles. The van der Waals surface area contributed by atoms with Crippen molar-refractivity contribution in [3.05, 3.63) is 59.7 Å². The average molecular weight is 771 g/mol. The number of carboxylic acid groups (broad SMARTS) is 4. The molecule has 2 unspecified atom stereocenters. The lowest BCUT2D eigenvalue weighted by molar-refractivity contribution is -0.143. The number of aliphatic carboxylic acids is 4. The van der Waals surface area contributed by atoms with Crippen molar-refractivity contribution >= 4 is 23.9 Å². The molecule has 16 heteroatoms. The van der Waals surface area contributed by atoms with Crippen LogP contribution in [0, 0.1) is 0 Å². The van der Waals surface area contributed by atoms with E-state index in [0.29, 0.717) is 38.4 Å². The van der Waals surface area contributed by atoms with E-state index in [4.69, 9.17) is 39.4 Å². The molecule has 0 fully saturated rings. The Morgan fingerprint density at radius 2 is 0.815 bits per heavy atom. The van der Waals surface area contributed by atoms with Crippen LogP contribution in [-0.2, 0) is 41.5 Å². The molecule has 0 bridgehead atoms. The van der Waals surface area contributed by atoms with Gasteiger partial charge in [-0.1, -0.05) is 52.0 Å². The summed E-state index contributed by atoms with van der Waals surface area (Å²) < 4.78 is 21.1. The van der Waals surface area contributed by atoms with E-state index in [9.17, 15) is 29.4 Å². The smallest absolute Gasteiger partial charge is 0.303 e. The number of aliphatic hydroxyl groups is 2. The van der Waals surface area contributed by atoms with Crippen LogP contribution in [-0.4, -0.2) is 133 Å². The molecule has 2 atom stereocenters. The highest BCUT2D eigenvalue weighted by Gasteiger charge is 2.07. The SMILES string of the molecule is COCCc1ccc(OCC(O)CNC(C)C)cc1.COCCc1ccc(OCC(O)CNC(C)C)cc1.O=C(O)CCC(=O)O.O=C(O)CCC(=O)O. The predicted molar refractivity (Wildman–Crippen MR) is 202 cm³/mol. The summed E-state index contributed by atoms with van der Waals surface area (Å²) in [4.78, 5) is 38.6. The Kier molecular flexibility index (Phi) is 31.9. The lowest BCUT2D eigenvalue weighted by atomic mass is 10.1. The van der Waals surface area contributed by atoms with Gasteiger partial charge in [-0.25, -0.2) is 0 Å². The standard InChI is InChI=1S/2C15H25NO3.2C4H6O4/c2*1-12(2)16-10-14(17)11-19-15-6-4-13(5-7-15)8-9-18-3;2*5-3(6)1-2-4(7)8/h2*4-7,12,14,16-17H,8-11H2,1-3H3;2*1-2H2,(H,5,6)(H,7,8). The highest BCUT2D eigenvalue weighted by atomic mass is 16.5. The highest BCUT2D eigenvalue weighted by molar-refractivity contribution is 5.75. The van der Waals surface area contributed by atoms with Gasteiger partial charge in [0.05, 0.1) is 38.9 Å². The predicted octanol–water partition coefficient (Wildman–Crippen LogP) is 3.10. The molecule has 0 amide bonds. The largest absolute Gasteiger partial charge is 0.491 e. The average Bonchev–Trinajstić information content (AvgIpc) is 3.12. The van der Waals surface area contributed by atoms with Crippen molar-refractivity contribution in [3.8, 4) is 11.5 Å². The van der Waals surface area contributed by atoms with Crippen LogP contribution in [0.25, 0.3) is 0 Å². The molecule has 0 radical (unpaired) electrons. The van der Waals surface area contributed by atoms with E-state index < -0.39 is 36.1 Å². The highest BCUT2D eigenvalue weighted by Crippen LogP contribution is 2.14. The fourth-order valence-corrected chi connectivity index (χ4v) is 3.62. The Balaban J connectivity index is 0. The molecule has 2 aromatic carbocycles. The number of benzene rings is 2. The van der Waals surface area contributed by atoms with Gasteiger partial charge in [-0.05, 0) is 48.2 Å². The third-order valence-electron chi connectivity index (χ3n) is 6.55. The molecular formula is C38H62N2O14. The lowest BCUT2D eigenvalue weighted by Crippen LogP contribution is -2.35. The molecule has 16 nitrogen and oxygen atoms in total. The van der Waals surface area contributed by atoms with Gasteiger partial charge >= 0.3 is 23.9 Å². The molecule has 8 N–H and O–H groups in total. The van der Waals surface area contributed by atoms with E-state index in [2.05, 4.69) is 10.6 Å². The van der Waals surface area contributed by atoms with E-state index in [1.807, 2.05) is 76.2 Å². The second-order valence-electron chi connectivity index (χ2n) is 12.4. The summed E-state index contributed by atoms with van der Waals surface area (Å²) in [6.45, 7) is 11.3. The number of rotatable bonds is 24. The summed E-state index contributed by atoms with van der Waals surface area (Å²) in [5.41, 5.74) is 2.44. The van der Waals surface area contributed by atoms with Gasteiger partial charge in [0.1, 0.15) is 36.9 Å². The van der Waals surface area contributed by atoms with Gasteiger partial charge in [-0.15, -0.1) is 0 Å². The number of ether oxygens (including phenoxy) is 4. The van der Waals surface area contributed by atoms with Crippen molar-refractivity contribution in [2.24, 2.45) is 0 Å². The molecule has 0 aromatic heterocycles. The number of carbonyl (C=O) groups is 4. The minimum Gasteiger partial charge on any atom is -0.491 e. The van der Waals surface area contributed by atoms with E-state index >= 15 is 0 Å². The number of nitrogens with one attached hydrogen (secondary N) is 2. The van der Waals surface area contributed by atoms with E-state index in [1.54, 1.807) is 14.2 Å². The van der Waals surface area contributed by atoms with Crippen molar-refractivity contribution < 1.29 is 68.8 Å². The molecule has 0 saturated heterocycles. The summed E-state index contributed by atoms with van der Waals surface area (Å²) in [6.07, 6.45) is -0.365. The van der Waals surface area contributed by atoms with Crippen LogP contribution < -0.4 is 20.1 Å². The van der Waals surface area contributed by atoms with Gasteiger partial charge < -0.3 is 60.2 Å². The summed E-state index contributed by atoms with van der Waals surface area (Å²) in [5, 5.41) is 57.4. The summed E-state index contributed by atoms with van der Waals surface area (Å²) in [6, 6.07) is 16.5. The van der Waals surface area contributed by atoms with E-state index in [0.717, 1.165) is 37.6 Å². The van der Waals surface area contributed by atoms with Crippen molar-refractivity contribution in [3.63, 3.8) is 0 Å².